The van der Waals surface area contributed by atoms with E-state index in [9.17, 15) is 8.78 Å². The summed E-state index contributed by atoms with van der Waals surface area (Å²) in [7, 11) is 0. The lowest BCUT2D eigenvalue weighted by Gasteiger charge is -2.13. The molecule has 0 spiro atoms. The molecule has 0 aliphatic carbocycles. The fraction of sp³-hybridized carbons (Fsp3) is 0.385. The van der Waals surface area contributed by atoms with Crippen molar-refractivity contribution in [1.29, 1.82) is 0 Å². The largest absolute Gasteiger partial charge is 0.304 e. The minimum Gasteiger partial charge on any atom is -0.304 e. The molecule has 2 aromatic rings. The van der Waals surface area contributed by atoms with E-state index in [1.807, 2.05) is 25.3 Å². The standard InChI is InChI=1S/C13H15F2N3S3/c1-8(16-7-11-17-18-13(19-2)21-11)9-3-5-10(6-4-9)20-12(14)15/h3-6,8,12,16H,7H2,1-2H3. The minimum absolute atomic E-state index is 0.122. The molecule has 0 saturated carbocycles. The molecule has 0 aliphatic rings. The lowest BCUT2D eigenvalue weighted by Crippen LogP contribution is -2.17. The van der Waals surface area contributed by atoms with Gasteiger partial charge in [-0.05, 0) is 30.9 Å². The van der Waals surface area contributed by atoms with Crippen molar-refractivity contribution >= 4 is 34.9 Å². The van der Waals surface area contributed by atoms with Crippen LogP contribution in [0.4, 0.5) is 8.78 Å². The van der Waals surface area contributed by atoms with Gasteiger partial charge in [0.15, 0.2) is 4.34 Å². The molecule has 1 unspecified atom stereocenters. The van der Waals surface area contributed by atoms with Crippen molar-refractivity contribution in [3.8, 4) is 0 Å². The van der Waals surface area contributed by atoms with Gasteiger partial charge in [-0.3, -0.25) is 0 Å². The zero-order valence-corrected chi connectivity index (χ0v) is 14.0. The Labute approximate surface area is 134 Å². The second-order valence-corrected chi connectivity index (χ2v) is 7.39. The van der Waals surface area contributed by atoms with Gasteiger partial charge in [0.2, 0.25) is 0 Å². The first-order valence-corrected chi connectivity index (χ1v) is 9.15. The highest BCUT2D eigenvalue weighted by Crippen LogP contribution is 2.26. The van der Waals surface area contributed by atoms with Gasteiger partial charge in [-0.1, -0.05) is 47.0 Å². The third kappa shape index (κ3) is 5.21. The van der Waals surface area contributed by atoms with Crippen molar-refractivity contribution in [3.05, 3.63) is 34.8 Å². The van der Waals surface area contributed by atoms with Crippen LogP contribution in [-0.4, -0.2) is 22.2 Å². The number of nitrogens with one attached hydrogen (secondary N) is 1. The van der Waals surface area contributed by atoms with Crippen molar-refractivity contribution in [2.45, 2.75) is 34.5 Å². The van der Waals surface area contributed by atoms with Crippen molar-refractivity contribution < 1.29 is 8.78 Å². The van der Waals surface area contributed by atoms with E-state index in [2.05, 4.69) is 15.5 Å². The third-order valence-corrected chi connectivity index (χ3v) is 5.41. The van der Waals surface area contributed by atoms with Crippen LogP contribution in [0.2, 0.25) is 0 Å². The summed E-state index contributed by atoms with van der Waals surface area (Å²) in [6.45, 7) is 2.68. The molecule has 8 heteroatoms. The van der Waals surface area contributed by atoms with Crippen LogP contribution in [0.3, 0.4) is 0 Å². The maximum Gasteiger partial charge on any atom is 0.288 e. The first kappa shape index (κ1) is 16.7. The molecule has 0 radical (unpaired) electrons. The molecule has 1 aromatic carbocycles. The molecule has 0 amide bonds. The molecule has 2 rings (SSSR count). The normalized spacial score (nSPS) is 12.8. The average molecular weight is 347 g/mol. The fourth-order valence-corrected chi connectivity index (χ4v) is 3.45. The monoisotopic (exact) mass is 347 g/mol. The van der Waals surface area contributed by atoms with Gasteiger partial charge in [-0.2, -0.15) is 8.78 Å². The van der Waals surface area contributed by atoms with Gasteiger partial charge in [0.25, 0.3) is 5.76 Å². The van der Waals surface area contributed by atoms with Crippen LogP contribution >= 0.6 is 34.9 Å². The van der Waals surface area contributed by atoms with E-state index >= 15 is 0 Å². The molecule has 0 fully saturated rings. The van der Waals surface area contributed by atoms with Gasteiger partial charge >= 0.3 is 0 Å². The smallest absolute Gasteiger partial charge is 0.288 e. The lowest BCUT2D eigenvalue weighted by molar-refractivity contribution is 0.252. The Morgan fingerprint density at radius 3 is 2.52 bits per heavy atom. The maximum atomic E-state index is 12.3. The van der Waals surface area contributed by atoms with Crippen molar-refractivity contribution in [2.24, 2.45) is 0 Å². The van der Waals surface area contributed by atoms with Crippen LogP contribution in [-0.2, 0) is 6.54 Å². The van der Waals surface area contributed by atoms with Crippen molar-refractivity contribution in [3.63, 3.8) is 0 Å². The second-order valence-electron chi connectivity index (χ2n) is 4.22. The van der Waals surface area contributed by atoms with E-state index in [1.165, 1.54) is 0 Å². The van der Waals surface area contributed by atoms with Gasteiger partial charge < -0.3 is 5.32 Å². The lowest BCUT2D eigenvalue weighted by atomic mass is 10.1. The minimum atomic E-state index is -2.38. The Morgan fingerprint density at radius 2 is 1.95 bits per heavy atom. The Bertz CT molecular complexity index is 560. The Kier molecular flexibility index (Phi) is 6.40. The SMILES string of the molecule is CSc1nnc(CNC(C)c2ccc(SC(F)F)cc2)s1. The van der Waals surface area contributed by atoms with Gasteiger partial charge in [0.05, 0.1) is 6.54 Å². The molecular formula is C13H15F2N3S3. The van der Waals surface area contributed by atoms with Gasteiger partial charge in [0, 0.05) is 10.9 Å². The molecule has 114 valence electrons. The number of hydrogen-bond donors (Lipinski definition) is 1. The molecule has 1 heterocycles. The zero-order chi connectivity index (χ0) is 15.2. The van der Waals surface area contributed by atoms with E-state index in [1.54, 1.807) is 35.2 Å². The summed E-state index contributed by atoms with van der Waals surface area (Å²) in [5.41, 5.74) is 1.06. The molecule has 21 heavy (non-hydrogen) atoms. The van der Waals surface area contributed by atoms with Crippen LogP contribution in [0.1, 0.15) is 23.5 Å². The summed E-state index contributed by atoms with van der Waals surface area (Å²) in [5.74, 6) is -2.38. The summed E-state index contributed by atoms with van der Waals surface area (Å²) in [6, 6.07) is 7.31. The van der Waals surface area contributed by atoms with E-state index in [4.69, 9.17) is 0 Å². The second kappa shape index (κ2) is 8.07. The van der Waals surface area contributed by atoms with Crippen LogP contribution in [0.25, 0.3) is 0 Å². The average Bonchev–Trinajstić information content (AvgIpc) is 2.93. The highest BCUT2D eigenvalue weighted by molar-refractivity contribution is 8.00. The first-order chi connectivity index (χ1) is 10.1. The maximum absolute atomic E-state index is 12.3. The van der Waals surface area contributed by atoms with E-state index in [0.717, 1.165) is 14.9 Å². The van der Waals surface area contributed by atoms with Crippen molar-refractivity contribution in [2.75, 3.05) is 6.26 Å². The summed E-state index contributed by atoms with van der Waals surface area (Å²) >= 11 is 3.71. The molecular weight excluding hydrogens is 332 g/mol. The number of aromatic nitrogens is 2. The number of benzene rings is 1. The highest BCUT2D eigenvalue weighted by atomic mass is 32.2. The van der Waals surface area contributed by atoms with Crippen LogP contribution in [0, 0.1) is 0 Å². The first-order valence-electron chi connectivity index (χ1n) is 6.23. The summed E-state index contributed by atoms with van der Waals surface area (Å²) < 4.78 is 25.5. The molecule has 0 bridgehead atoms. The topological polar surface area (TPSA) is 37.8 Å². The van der Waals surface area contributed by atoms with Gasteiger partial charge in [-0.15, -0.1) is 10.2 Å². The predicted octanol–water partition coefficient (Wildman–Crippen LogP) is 4.43. The summed E-state index contributed by atoms with van der Waals surface area (Å²) in [4.78, 5) is 0.578. The number of rotatable bonds is 7. The Hall–Kier alpha value is -0.700. The fourth-order valence-electron chi connectivity index (χ4n) is 1.69. The number of halogens is 2. The molecule has 1 aromatic heterocycles. The quantitative estimate of drug-likeness (QED) is 0.750. The third-order valence-electron chi connectivity index (χ3n) is 2.79. The summed E-state index contributed by atoms with van der Waals surface area (Å²) in [5, 5.41) is 12.4. The highest BCUT2D eigenvalue weighted by Gasteiger charge is 2.09. The molecule has 0 aliphatic heterocycles. The van der Waals surface area contributed by atoms with Crippen molar-refractivity contribution in [1.82, 2.24) is 15.5 Å². The number of hydrogen-bond acceptors (Lipinski definition) is 6. The van der Waals surface area contributed by atoms with Crippen LogP contribution < -0.4 is 5.32 Å². The van der Waals surface area contributed by atoms with E-state index in [0.29, 0.717) is 23.2 Å². The predicted molar refractivity (Wildman–Crippen MR) is 85.2 cm³/mol. The number of thioether (sulfide) groups is 2. The molecule has 1 N–H and O–H groups in total. The Balaban J connectivity index is 1.89. The van der Waals surface area contributed by atoms with Gasteiger partial charge in [0.1, 0.15) is 5.01 Å². The number of nitrogens with zero attached hydrogens (tertiary/aromatic N) is 2. The van der Waals surface area contributed by atoms with Gasteiger partial charge in [-0.25, -0.2) is 0 Å². The summed E-state index contributed by atoms with van der Waals surface area (Å²) in [6.07, 6.45) is 1.97. The Morgan fingerprint density at radius 1 is 1.24 bits per heavy atom. The van der Waals surface area contributed by atoms with E-state index < -0.39 is 5.76 Å². The van der Waals surface area contributed by atoms with Crippen LogP contribution in [0.5, 0.6) is 0 Å². The zero-order valence-electron chi connectivity index (χ0n) is 11.5. The molecule has 3 nitrogen and oxygen atoms in total. The van der Waals surface area contributed by atoms with E-state index in [-0.39, 0.29) is 6.04 Å². The molecule has 1 atom stereocenters. The number of alkyl halides is 2. The van der Waals surface area contributed by atoms with Crippen LogP contribution in [0.15, 0.2) is 33.5 Å². The molecule has 0 saturated heterocycles.